The molecule has 5 aromatic heterocycles. The van der Waals surface area contributed by atoms with Crippen LogP contribution in [-0.2, 0) is 5.41 Å². The van der Waals surface area contributed by atoms with Crippen molar-refractivity contribution in [1.29, 1.82) is 0 Å². The molecule has 0 fully saturated rings. The standard InChI is InChI=1S/C41H27F5N6/c1-41(2,3)21-16-17-47-33(18-21)52-31-11-7-4-8-23(31)25-13-12-22(19-32(25)52)51-30-10-6-5-9-24(30)26-14-15-27(48-40(26)51)28-20-29(50-49-28)34-35(42)37(44)39(46)38(45)36(34)43/h4-20H,1-3H3,(H,49,50). The molecular weight excluding hydrogens is 671 g/mol. The maximum absolute atomic E-state index is 14.7. The molecule has 0 aliphatic heterocycles. The molecule has 0 aliphatic rings. The van der Waals surface area contributed by atoms with Gasteiger partial charge in [0.05, 0.1) is 39.2 Å². The van der Waals surface area contributed by atoms with E-state index in [4.69, 9.17) is 9.97 Å². The maximum Gasteiger partial charge on any atom is 0.200 e. The van der Waals surface area contributed by atoms with E-state index in [-0.39, 0.29) is 11.1 Å². The monoisotopic (exact) mass is 698 g/mol. The van der Waals surface area contributed by atoms with E-state index >= 15 is 0 Å². The molecule has 5 heterocycles. The second kappa shape index (κ2) is 11.3. The van der Waals surface area contributed by atoms with E-state index in [2.05, 4.69) is 65.9 Å². The molecule has 1 N–H and O–H groups in total. The molecule has 6 nitrogen and oxygen atoms in total. The Kier molecular flexibility index (Phi) is 6.88. The Morgan fingerprint density at radius 3 is 1.90 bits per heavy atom. The molecule has 9 aromatic rings. The number of H-pyrrole nitrogens is 1. The number of aromatic nitrogens is 6. The van der Waals surface area contributed by atoms with Crippen LogP contribution in [0.25, 0.3) is 77.9 Å². The molecular formula is C41H27F5N6. The highest BCUT2D eigenvalue weighted by Crippen LogP contribution is 2.38. The fraction of sp³-hybridized carbons (Fsp3) is 0.0976. The summed E-state index contributed by atoms with van der Waals surface area (Å²) in [6.45, 7) is 6.51. The third kappa shape index (κ3) is 4.65. The molecule has 0 unspecified atom stereocenters. The Balaban J connectivity index is 1.25. The van der Waals surface area contributed by atoms with Crippen molar-refractivity contribution in [3.8, 4) is 34.2 Å². The minimum atomic E-state index is -2.23. The summed E-state index contributed by atoms with van der Waals surface area (Å²) in [6.07, 6.45) is 1.84. The number of fused-ring (bicyclic) bond motifs is 6. The summed E-state index contributed by atoms with van der Waals surface area (Å²) in [5.74, 6) is -9.46. The van der Waals surface area contributed by atoms with Crippen molar-refractivity contribution < 1.29 is 22.0 Å². The van der Waals surface area contributed by atoms with Gasteiger partial charge in [-0.25, -0.2) is 31.9 Å². The number of rotatable bonds is 4. The number of benzene rings is 4. The molecule has 4 aromatic carbocycles. The van der Waals surface area contributed by atoms with E-state index in [0.717, 1.165) is 55.2 Å². The first kappa shape index (κ1) is 31.6. The third-order valence-electron chi connectivity index (χ3n) is 9.60. The number of aromatic amines is 1. The molecule has 0 atom stereocenters. The number of hydrogen-bond donors (Lipinski definition) is 1. The van der Waals surface area contributed by atoms with Crippen molar-refractivity contribution in [2.24, 2.45) is 0 Å². The number of halogens is 5. The highest BCUT2D eigenvalue weighted by atomic mass is 19.2. The Morgan fingerprint density at radius 2 is 1.19 bits per heavy atom. The van der Waals surface area contributed by atoms with E-state index in [1.807, 2.05) is 65.4 Å². The van der Waals surface area contributed by atoms with E-state index in [9.17, 15) is 22.0 Å². The van der Waals surface area contributed by atoms with Crippen molar-refractivity contribution >= 4 is 43.7 Å². The van der Waals surface area contributed by atoms with Gasteiger partial charge in [-0.3, -0.25) is 14.2 Å². The maximum atomic E-state index is 14.7. The Hall–Kier alpha value is -6.36. The van der Waals surface area contributed by atoms with Gasteiger partial charge in [0.1, 0.15) is 11.5 Å². The van der Waals surface area contributed by atoms with Crippen LogP contribution in [0.15, 0.2) is 103 Å². The lowest BCUT2D eigenvalue weighted by Crippen LogP contribution is -2.12. The number of hydrogen-bond acceptors (Lipinski definition) is 3. The van der Waals surface area contributed by atoms with Gasteiger partial charge in [0.2, 0.25) is 5.82 Å². The van der Waals surface area contributed by atoms with Crippen molar-refractivity contribution in [2.45, 2.75) is 26.2 Å². The molecule has 9 rings (SSSR count). The summed E-state index contributed by atoms with van der Waals surface area (Å²) >= 11 is 0. The molecule has 0 radical (unpaired) electrons. The third-order valence-corrected chi connectivity index (χ3v) is 9.60. The van der Waals surface area contributed by atoms with Crippen LogP contribution >= 0.6 is 0 Å². The average molecular weight is 699 g/mol. The zero-order chi connectivity index (χ0) is 36.1. The largest absolute Gasteiger partial charge is 0.294 e. The minimum Gasteiger partial charge on any atom is -0.294 e. The fourth-order valence-corrected chi connectivity index (χ4v) is 7.01. The van der Waals surface area contributed by atoms with Gasteiger partial charge in [0.25, 0.3) is 0 Å². The van der Waals surface area contributed by atoms with Crippen LogP contribution in [0.4, 0.5) is 22.0 Å². The molecule has 256 valence electrons. The first-order valence-corrected chi connectivity index (χ1v) is 16.5. The average Bonchev–Trinajstić information content (AvgIpc) is 3.85. The zero-order valence-electron chi connectivity index (χ0n) is 27.9. The van der Waals surface area contributed by atoms with Gasteiger partial charge in [-0.05, 0) is 65.6 Å². The molecule has 0 spiro atoms. The number of nitrogens with one attached hydrogen (secondary N) is 1. The lowest BCUT2D eigenvalue weighted by molar-refractivity contribution is 0.381. The second-order valence-electron chi connectivity index (χ2n) is 13.7. The number of nitrogens with zero attached hydrogens (tertiary/aromatic N) is 5. The van der Waals surface area contributed by atoms with Gasteiger partial charge >= 0.3 is 0 Å². The van der Waals surface area contributed by atoms with Gasteiger partial charge in [-0.15, -0.1) is 0 Å². The van der Waals surface area contributed by atoms with Crippen LogP contribution in [-0.4, -0.2) is 29.3 Å². The topological polar surface area (TPSA) is 64.3 Å². The Bertz CT molecular complexity index is 2880. The van der Waals surface area contributed by atoms with Crippen molar-refractivity contribution in [3.05, 3.63) is 138 Å². The fourth-order valence-electron chi connectivity index (χ4n) is 7.01. The van der Waals surface area contributed by atoms with Crippen molar-refractivity contribution in [3.63, 3.8) is 0 Å². The van der Waals surface area contributed by atoms with Gasteiger partial charge < -0.3 is 0 Å². The summed E-state index contributed by atoms with van der Waals surface area (Å²) in [6, 6.07) is 31.3. The van der Waals surface area contributed by atoms with Crippen LogP contribution in [0, 0.1) is 29.1 Å². The van der Waals surface area contributed by atoms with Crippen LogP contribution in [0.2, 0.25) is 0 Å². The lowest BCUT2D eigenvalue weighted by Gasteiger charge is -2.20. The lowest BCUT2D eigenvalue weighted by atomic mass is 9.88. The summed E-state index contributed by atoms with van der Waals surface area (Å²) in [4.78, 5) is 9.79. The minimum absolute atomic E-state index is 0.0862. The smallest absolute Gasteiger partial charge is 0.200 e. The van der Waals surface area contributed by atoms with E-state index in [0.29, 0.717) is 11.3 Å². The first-order valence-electron chi connectivity index (χ1n) is 16.5. The van der Waals surface area contributed by atoms with Gasteiger partial charge in [-0.1, -0.05) is 63.2 Å². The molecule has 11 heteroatoms. The number of pyridine rings is 2. The highest BCUT2D eigenvalue weighted by molar-refractivity contribution is 6.11. The van der Waals surface area contributed by atoms with E-state index < -0.39 is 40.3 Å². The van der Waals surface area contributed by atoms with Crippen molar-refractivity contribution in [2.75, 3.05) is 0 Å². The Labute approximate surface area is 292 Å². The van der Waals surface area contributed by atoms with Gasteiger partial charge in [0, 0.05) is 33.4 Å². The first-order chi connectivity index (χ1) is 25.0. The molecule has 52 heavy (non-hydrogen) atoms. The van der Waals surface area contributed by atoms with Crippen LogP contribution < -0.4 is 0 Å². The van der Waals surface area contributed by atoms with Crippen molar-refractivity contribution in [1.82, 2.24) is 29.3 Å². The van der Waals surface area contributed by atoms with Gasteiger partial charge in [0.15, 0.2) is 23.3 Å². The Morgan fingerprint density at radius 1 is 0.577 bits per heavy atom. The second-order valence-corrected chi connectivity index (χ2v) is 13.7. The SMILES string of the molecule is CC(C)(C)c1ccnc(-n2c3ccccc3c3ccc(-n4c5ccccc5c5ccc(-c6cc(-c7c(F)c(F)c(F)c(F)c7F)n[nH]6)nc54)cc32)c1. The molecule has 0 amide bonds. The molecule has 0 saturated heterocycles. The normalized spacial score (nSPS) is 12.2. The summed E-state index contributed by atoms with van der Waals surface area (Å²) in [5.41, 5.74) is 4.32. The van der Waals surface area contributed by atoms with Crippen LogP contribution in [0.5, 0.6) is 0 Å². The predicted octanol–water partition coefficient (Wildman–Crippen LogP) is 10.7. The van der Waals surface area contributed by atoms with E-state index in [1.165, 1.54) is 6.07 Å². The van der Waals surface area contributed by atoms with Gasteiger partial charge in [-0.2, -0.15) is 5.10 Å². The summed E-state index contributed by atoms with van der Waals surface area (Å²) in [7, 11) is 0. The quantitative estimate of drug-likeness (QED) is 0.113. The molecule has 0 aliphatic carbocycles. The number of para-hydroxylation sites is 2. The van der Waals surface area contributed by atoms with Crippen LogP contribution in [0.1, 0.15) is 26.3 Å². The summed E-state index contributed by atoms with van der Waals surface area (Å²) in [5, 5.41) is 10.5. The van der Waals surface area contributed by atoms with Crippen LogP contribution in [0.3, 0.4) is 0 Å². The molecule has 0 saturated carbocycles. The zero-order valence-corrected chi connectivity index (χ0v) is 27.9. The summed E-state index contributed by atoms with van der Waals surface area (Å²) < 4.78 is 75.3. The predicted molar refractivity (Wildman–Crippen MR) is 192 cm³/mol. The van der Waals surface area contributed by atoms with E-state index in [1.54, 1.807) is 6.07 Å². The molecule has 0 bridgehead atoms. The highest BCUT2D eigenvalue weighted by Gasteiger charge is 2.28.